The molecule has 6 nitrogen and oxygen atoms in total. The molecule has 1 fully saturated rings. The number of aromatic amines is 2. The number of H-pyrrole nitrogens is 2. The minimum Gasteiger partial charge on any atom is -0.361 e. The lowest BCUT2D eigenvalue weighted by Gasteiger charge is -2.03. The highest BCUT2D eigenvalue weighted by Crippen LogP contribution is 2.38. The number of aromatic nitrogens is 4. The number of hydrogen-bond donors (Lipinski definition) is 3. The molecule has 1 aromatic carbocycles. The van der Waals surface area contributed by atoms with Crippen LogP contribution in [0.3, 0.4) is 0 Å². The van der Waals surface area contributed by atoms with E-state index in [-0.39, 0.29) is 5.91 Å². The molecule has 1 aliphatic rings. The zero-order valence-corrected chi connectivity index (χ0v) is 14.0. The number of nitrogens with one attached hydrogen (secondary N) is 3. The molecule has 7 heteroatoms. The zero-order chi connectivity index (χ0) is 16.4. The maximum atomic E-state index is 12.0. The lowest BCUT2D eigenvalue weighted by molar-refractivity contribution is -0.118. The van der Waals surface area contributed by atoms with Gasteiger partial charge in [0, 0.05) is 29.6 Å². The van der Waals surface area contributed by atoms with Crippen molar-refractivity contribution in [2.24, 2.45) is 0 Å². The lowest BCUT2D eigenvalue weighted by atomic mass is 10.1. The normalized spacial score (nSPS) is 14.2. The van der Waals surface area contributed by atoms with Crippen LogP contribution in [0.1, 0.15) is 30.1 Å². The molecule has 124 valence electrons. The fourth-order valence-corrected chi connectivity index (χ4v) is 3.35. The molecule has 1 aliphatic carbocycles. The number of carbonyl (C=O) groups excluding carboxylic acids is 1. The fraction of sp³-hybridized carbons (Fsp3) is 0.353. The van der Waals surface area contributed by atoms with Gasteiger partial charge < -0.3 is 10.3 Å². The van der Waals surface area contributed by atoms with Crippen LogP contribution in [-0.2, 0) is 11.2 Å². The van der Waals surface area contributed by atoms with Crippen molar-refractivity contribution in [1.29, 1.82) is 0 Å². The smallest absolute Gasteiger partial charge is 0.230 e. The Morgan fingerprint density at radius 1 is 1.33 bits per heavy atom. The molecule has 24 heavy (non-hydrogen) atoms. The third-order valence-corrected chi connectivity index (χ3v) is 5.02. The molecular formula is C17H19N5OS. The van der Waals surface area contributed by atoms with Gasteiger partial charge in [0.05, 0.1) is 5.75 Å². The second kappa shape index (κ2) is 6.68. The van der Waals surface area contributed by atoms with Gasteiger partial charge >= 0.3 is 0 Å². The first kappa shape index (κ1) is 15.3. The van der Waals surface area contributed by atoms with Gasteiger partial charge in [-0.3, -0.25) is 9.89 Å². The summed E-state index contributed by atoms with van der Waals surface area (Å²) in [6, 6.07) is 8.20. The minimum atomic E-state index is 0.0117. The minimum absolute atomic E-state index is 0.0117. The monoisotopic (exact) mass is 341 g/mol. The highest BCUT2D eigenvalue weighted by molar-refractivity contribution is 7.99. The van der Waals surface area contributed by atoms with Crippen molar-refractivity contribution in [3.05, 3.63) is 41.9 Å². The number of fused-ring (bicyclic) bond motifs is 1. The van der Waals surface area contributed by atoms with E-state index in [1.165, 1.54) is 35.6 Å². The first-order valence-electron chi connectivity index (χ1n) is 8.16. The molecule has 0 bridgehead atoms. The summed E-state index contributed by atoms with van der Waals surface area (Å²) in [6.07, 6.45) is 5.20. The van der Waals surface area contributed by atoms with Crippen molar-refractivity contribution in [3.63, 3.8) is 0 Å². The second-order valence-corrected chi connectivity index (χ2v) is 6.97. The van der Waals surface area contributed by atoms with Crippen LogP contribution in [0.2, 0.25) is 0 Å². The Balaban J connectivity index is 1.23. The van der Waals surface area contributed by atoms with Crippen LogP contribution in [0.15, 0.2) is 35.6 Å². The van der Waals surface area contributed by atoms with E-state index < -0.39 is 0 Å². The van der Waals surface area contributed by atoms with Gasteiger partial charge in [-0.05, 0) is 30.9 Å². The van der Waals surface area contributed by atoms with E-state index in [4.69, 9.17) is 0 Å². The molecule has 0 atom stereocenters. The summed E-state index contributed by atoms with van der Waals surface area (Å²) < 4.78 is 0. The number of amides is 1. The molecular weight excluding hydrogens is 322 g/mol. The molecule has 3 aromatic rings. The average Bonchev–Trinajstić information content (AvgIpc) is 3.20. The molecule has 3 N–H and O–H groups in total. The van der Waals surface area contributed by atoms with Crippen LogP contribution in [0.5, 0.6) is 0 Å². The predicted octanol–water partition coefficient (Wildman–Crippen LogP) is 2.61. The Labute approximate surface area is 143 Å². The summed E-state index contributed by atoms with van der Waals surface area (Å²) >= 11 is 1.37. The first-order chi connectivity index (χ1) is 11.8. The first-order valence-corrected chi connectivity index (χ1v) is 9.15. The molecule has 4 rings (SSSR count). The van der Waals surface area contributed by atoms with Gasteiger partial charge in [0.15, 0.2) is 0 Å². The van der Waals surface area contributed by atoms with E-state index in [1.54, 1.807) is 0 Å². The summed E-state index contributed by atoms with van der Waals surface area (Å²) in [5.74, 6) is 1.86. The number of hydrogen-bond acceptors (Lipinski definition) is 4. The number of benzene rings is 1. The summed E-state index contributed by atoms with van der Waals surface area (Å²) in [4.78, 5) is 19.6. The summed E-state index contributed by atoms with van der Waals surface area (Å²) in [5, 5.41) is 11.9. The summed E-state index contributed by atoms with van der Waals surface area (Å²) in [6.45, 7) is 0.628. The van der Waals surface area contributed by atoms with Gasteiger partial charge in [-0.1, -0.05) is 30.0 Å². The number of para-hydroxylation sites is 1. The Morgan fingerprint density at radius 3 is 3.08 bits per heavy atom. The van der Waals surface area contributed by atoms with E-state index in [9.17, 15) is 4.79 Å². The Hall–Kier alpha value is -2.28. The van der Waals surface area contributed by atoms with Crippen LogP contribution in [-0.4, -0.2) is 38.4 Å². The number of rotatable bonds is 7. The Bertz CT molecular complexity index is 851. The predicted molar refractivity (Wildman–Crippen MR) is 94.1 cm³/mol. The zero-order valence-electron chi connectivity index (χ0n) is 13.2. The molecule has 1 amide bonds. The van der Waals surface area contributed by atoms with Crippen molar-refractivity contribution in [2.75, 3.05) is 12.3 Å². The van der Waals surface area contributed by atoms with E-state index in [1.807, 2.05) is 18.3 Å². The summed E-state index contributed by atoms with van der Waals surface area (Å²) in [5.41, 5.74) is 2.35. The molecule has 0 unspecified atom stereocenters. The van der Waals surface area contributed by atoms with Gasteiger partial charge in [0.2, 0.25) is 11.1 Å². The maximum absolute atomic E-state index is 12.0. The number of nitrogens with zero attached hydrogens (tertiary/aromatic N) is 2. The van der Waals surface area contributed by atoms with Crippen LogP contribution in [0.25, 0.3) is 10.9 Å². The third-order valence-electron chi connectivity index (χ3n) is 4.17. The molecule has 0 saturated heterocycles. The third kappa shape index (κ3) is 3.46. The van der Waals surface area contributed by atoms with E-state index >= 15 is 0 Å². The number of carbonyl (C=O) groups is 1. The molecule has 1 saturated carbocycles. The summed E-state index contributed by atoms with van der Waals surface area (Å²) in [7, 11) is 0. The quantitative estimate of drug-likeness (QED) is 0.577. The molecule has 0 aliphatic heterocycles. The van der Waals surface area contributed by atoms with Crippen molar-refractivity contribution in [1.82, 2.24) is 25.5 Å². The van der Waals surface area contributed by atoms with E-state index in [0.29, 0.717) is 23.4 Å². The molecule has 0 radical (unpaired) electrons. The van der Waals surface area contributed by atoms with Crippen LogP contribution in [0, 0.1) is 0 Å². The van der Waals surface area contributed by atoms with E-state index in [0.717, 1.165) is 17.8 Å². The van der Waals surface area contributed by atoms with E-state index in [2.05, 4.69) is 37.6 Å². The Morgan fingerprint density at radius 2 is 2.21 bits per heavy atom. The van der Waals surface area contributed by atoms with Crippen molar-refractivity contribution in [3.8, 4) is 0 Å². The number of thioether (sulfide) groups is 1. The average molecular weight is 341 g/mol. The lowest BCUT2D eigenvalue weighted by Crippen LogP contribution is -2.27. The molecule has 2 heterocycles. The SMILES string of the molecule is O=C(CSc1n[nH]c(C2CC2)n1)NCCc1c[nH]c2ccccc12. The van der Waals surface area contributed by atoms with Gasteiger partial charge in [-0.15, -0.1) is 5.10 Å². The van der Waals surface area contributed by atoms with Crippen LogP contribution in [0.4, 0.5) is 0 Å². The van der Waals surface area contributed by atoms with Crippen LogP contribution < -0.4 is 5.32 Å². The van der Waals surface area contributed by atoms with Crippen LogP contribution >= 0.6 is 11.8 Å². The van der Waals surface area contributed by atoms with Gasteiger partial charge in [-0.2, -0.15) is 0 Å². The van der Waals surface area contributed by atoms with Gasteiger partial charge in [-0.25, -0.2) is 4.98 Å². The van der Waals surface area contributed by atoms with Crippen molar-refractivity contribution < 1.29 is 4.79 Å². The standard InChI is InChI=1S/C17H19N5OS/c23-15(10-24-17-20-16(21-22-17)11-5-6-11)18-8-7-12-9-19-14-4-2-1-3-13(12)14/h1-4,9,11,19H,5-8,10H2,(H,18,23)(H,20,21,22). The topological polar surface area (TPSA) is 86.5 Å². The highest BCUT2D eigenvalue weighted by atomic mass is 32.2. The largest absolute Gasteiger partial charge is 0.361 e. The fourth-order valence-electron chi connectivity index (χ4n) is 2.72. The van der Waals surface area contributed by atoms with Crippen molar-refractivity contribution in [2.45, 2.75) is 30.3 Å². The second-order valence-electron chi connectivity index (χ2n) is 6.03. The molecule has 2 aromatic heterocycles. The Kier molecular flexibility index (Phi) is 4.25. The van der Waals surface area contributed by atoms with Gasteiger partial charge in [0.1, 0.15) is 5.82 Å². The maximum Gasteiger partial charge on any atom is 0.230 e. The molecule has 0 spiro atoms. The highest BCUT2D eigenvalue weighted by Gasteiger charge is 2.27. The van der Waals surface area contributed by atoms with Crippen molar-refractivity contribution >= 4 is 28.6 Å². The van der Waals surface area contributed by atoms with Gasteiger partial charge in [0.25, 0.3) is 0 Å².